The second kappa shape index (κ2) is 7.92. The highest BCUT2D eigenvalue weighted by Crippen LogP contribution is 2.23. The quantitative estimate of drug-likeness (QED) is 0.697. The van der Waals surface area contributed by atoms with Gasteiger partial charge >= 0.3 is 0 Å². The average molecular weight is 367 g/mol. The third-order valence-corrected chi connectivity index (χ3v) is 4.41. The van der Waals surface area contributed by atoms with Crippen molar-refractivity contribution < 1.29 is 9.59 Å². The lowest BCUT2D eigenvalue weighted by Crippen LogP contribution is -2.15. The average Bonchev–Trinajstić information content (AvgIpc) is 3.05. The van der Waals surface area contributed by atoms with Crippen molar-refractivity contribution in [2.75, 3.05) is 11.1 Å². The number of amides is 1. The predicted molar refractivity (Wildman–Crippen MR) is 100 cm³/mol. The van der Waals surface area contributed by atoms with Gasteiger partial charge in [0.2, 0.25) is 11.8 Å². The molecule has 2 heterocycles. The van der Waals surface area contributed by atoms with Crippen molar-refractivity contribution in [2.45, 2.75) is 19.0 Å². The lowest BCUT2D eigenvalue weighted by Gasteiger charge is -2.07. The van der Waals surface area contributed by atoms with E-state index in [-0.39, 0.29) is 17.6 Å². The Balaban J connectivity index is 1.76. The summed E-state index contributed by atoms with van der Waals surface area (Å²) >= 11 is 1.15. The molecule has 1 aromatic carbocycles. The van der Waals surface area contributed by atoms with Gasteiger partial charge in [0.1, 0.15) is 5.69 Å². The Morgan fingerprint density at radius 3 is 2.62 bits per heavy atom. The Hall–Kier alpha value is -3.00. The maximum Gasteiger partial charge on any atom is 0.234 e. The van der Waals surface area contributed by atoms with Crippen LogP contribution in [0.15, 0.2) is 53.8 Å². The molecule has 0 fully saturated rings. The zero-order valence-corrected chi connectivity index (χ0v) is 15.2. The van der Waals surface area contributed by atoms with Crippen LogP contribution >= 0.6 is 11.8 Å². The van der Waals surface area contributed by atoms with Gasteiger partial charge in [-0.2, -0.15) is 0 Å². The minimum atomic E-state index is -0.237. The Kier molecular flexibility index (Phi) is 5.43. The second-order valence-corrected chi connectivity index (χ2v) is 6.52. The van der Waals surface area contributed by atoms with Crippen molar-refractivity contribution in [1.82, 2.24) is 19.7 Å². The number of carbonyl (C=O) groups is 2. The minimum Gasteiger partial charge on any atom is -0.325 e. The SMILES string of the molecule is CC(=O)n1c(SCC(=O)Nc2ccccc2)nnc1-c1cc(C)ccn1. The molecule has 0 radical (unpaired) electrons. The number of benzene rings is 1. The highest BCUT2D eigenvalue weighted by Gasteiger charge is 2.19. The molecule has 0 saturated carbocycles. The third kappa shape index (κ3) is 4.15. The van der Waals surface area contributed by atoms with Crippen molar-refractivity contribution in [1.29, 1.82) is 0 Å². The van der Waals surface area contributed by atoms with Gasteiger partial charge < -0.3 is 5.32 Å². The van der Waals surface area contributed by atoms with Gasteiger partial charge in [-0.1, -0.05) is 30.0 Å². The number of thioether (sulfide) groups is 1. The summed E-state index contributed by atoms with van der Waals surface area (Å²) in [4.78, 5) is 28.4. The van der Waals surface area contributed by atoms with Crippen LogP contribution in [0.3, 0.4) is 0 Å². The van der Waals surface area contributed by atoms with E-state index in [4.69, 9.17) is 0 Å². The summed E-state index contributed by atoms with van der Waals surface area (Å²) in [5.74, 6) is 0.0580. The molecular formula is C18H17N5O2S. The maximum absolute atomic E-state index is 12.1. The Bertz CT molecular complexity index is 940. The summed E-state index contributed by atoms with van der Waals surface area (Å²) in [6.07, 6.45) is 1.66. The van der Waals surface area contributed by atoms with E-state index in [1.165, 1.54) is 11.5 Å². The molecule has 0 aliphatic carbocycles. The van der Waals surface area contributed by atoms with Crippen molar-refractivity contribution in [3.63, 3.8) is 0 Å². The van der Waals surface area contributed by atoms with Crippen molar-refractivity contribution in [2.24, 2.45) is 0 Å². The number of aromatic nitrogens is 4. The Labute approximate surface area is 154 Å². The number of aryl methyl sites for hydroxylation is 1. The predicted octanol–water partition coefficient (Wildman–Crippen LogP) is 3.04. The summed E-state index contributed by atoms with van der Waals surface area (Å²) in [6.45, 7) is 3.36. The first-order valence-corrected chi connectivity index (χ1v) is 8.90. The van der Waals surface area contributed by atoms with E-state index in [2.05, 4.69) is 20.5 Å². The summed E-state index contributed by atoms with van der Waals surface area (Å²) in [5, 5.41) is 11.3. The lowest BCUT2D eigenvalue weighted by molar-refractivity contribution is -0.113. The number of para-hydroxylation sites is 1. The van der Waals surface area contributed by atoms with Crippen molar-refractivity contribution >= 4 is 29.3 Å². The van der Waals surface area contributed by atoms with Crippen molar-refractivity contribution in [3.8, 4) is 11.5 Å². The molecular weight excluding hydrogens is 350 g/mol. The van der Waals surface area contributed by atoms with Crippen LogP contribution < -0.4 is 5.32 Å². The molecule has 1 N–H and O–H groups in total. The van der Waals surface area contributed by atoms with Crippen LogP contribution in [-0.2, 0) is 4.79 Å². The molecule has 3 aromatic rings. The number of carbonyl (C=O) groups excluding carboxylic acids is 2. The first-order valence-electron chi connectivity index (χ1n) is 7.91. The first-order chi connectivity index (χ1) is 12.5. The summed E-state index contributed by atoms with van der Waals surface area (Å²) in [6, 6.07) is 12.9. The van der Waals surface area contributed by atoms with Gasteiger partial charge in [-0.05, 0) is 36.8 Å². The molecule has 132 valence electrons. The first kappa shape index (κ1) is 17.8. The minimum absolute atomic E-state index is 0.113. The number of rotatable bonds is 5. The van der Waals surface area contributed by atoms with E-state index < -0.39 is 0 Å². The highest BCUT2D eigenvalue weighted by atomic mass is 32.2. The van der Waals surface area contributed by atoms with E-state index in [0.717, 1.165) is 23.0 Å². The summed E-state index contributed by atoms with van der Waals surface area (Å²) in [7, 11) is 0. The molecule has 0 unspecified atom stereocenters. The Morgan fingerprint density at radius 2 is 1.92 bits per heavy atom. The van der Waals surface area contributed by atoms with E-state index in [1.54, 1.807) is 6.20 Å². The fourth-order valence-electron chi connectivity index (χ4n) is 2.32. The van der Waals surface area contributed by atoms with Crippen LogP contribution in [0.4, 0.5) is 5.69 Å². The van der Waals surface area contributed by atoms with Crippen LogP contribution in [0.25, 0.3) is 11.5 Å². The molecule has 1 amide bonds. The van der Waals surface area contributed by atoms with Gasteiger partial charge in [-0.25, -0.2) is 4.57 Å². The van der Waals surface area contributed by atoms with E-state index in [0.29, 0.717) is 16.7 Å². The van der Waals surface area contributed by atoms with Gasteiger partial charge in [-0.3, -0.25) is 14.6 Å². The fourth-order valence-corrected chi connectivity index (χ4v) is 3.10. The molecule has 0 aliphatic rings. The molecule has 0 saturated heterocycles. The van der Waals surface area contributed by atoms with Gasteiger partial charge in [0.15, 0.2) is 11.0 Å². The summed E-state index contributed by atoms with van der Waals surface area (Å²) in [5.41, 5.74) is 2.29. The molecule has 2 aromatic heterocycles. The molecule has 0 aliphatic heterocycles. The van der Waals surface area contributed by atoms with Gasteiger partial charge in [-0.15, -0.1) is 10.2 Å². The van der Waals surface area contributed by atoms with Crippen LogP contribution in [0.1, 0.15) is 17.3 Å². The zero-order valence-electron chi connectivity index (χ0n) is 14.3. The van der Waals surface area contributed by atoms with E-state index in [1.807, 2.05) is 49.4 Å². The third-order valence-electron chi connectivity index (χ3n) is 3.48. The molecule has 0 spiro atoms. The smallest absolute Gasteiger partial charge is 0.234 e. The van der Waals surface area contributed by atoms with Crippen LogP contribution in [0.2, 0.25) is 0 Å². The largest absolute Gasteiger partial charge is 0.325 e. The number of anilines is 1. The summed E-state index contributed by atoms with van der Waals surface area (Å²) < 4.78 is 1.38. The standard InChI is InChI=1S/C18H17N5O2S/c1-12-8-9-19-15(10-12)17-21-22-18(23(17)13(2)24)26-11-16(25)20-14-6-4-3-5-7-14/h3-10H,11H2,1-2H3,(H,20,25). The van der Waals surface area contributed by atoms with Crippen LogP contribution in [-0.4, -0.2) is 37.3 Å². The molecule has 7 nitrogen and oxygen atoms in total. The highest BCUT2D eigenvalue weighted by molar-refractivity contribution is 7.99. The number of pyridine rings is 1. The zero-order chi connectivity index (χ0) is 18.5. The topological polar surface area (TPSA) is 89.8 Å². The molecule has 0 atom stereocenters. The van der Waals surface area contributed by atoms with Gasteiger partial charge in [0.05, 0.1) is 5.75 Å². The van der Waals surface area contributed by atoms with Gasteiger partial charge in [0, 0.05) is 18.8 Å². The number of hydrogen-bond acceptors (Lipinski definition) is 6. The van der Waals surface area contributed by atoms with Crippen LogP contribution in [0.5, 0.6) is 0 Å². The van der Waals surface area contributed by atoms with Gasteiger partial charge in [0.25, 0.3) is 0 Å². The second-order valence-electron chi connectivity index (χ2n) is 5.58. The number of nitrogens with one attached hydrogen (secondary N) is 1. The molecule has 3 rings (SSSR count). The number of hydrogen-bond donors (Lipinski definition) is 1. The number of nitrogens with zero attached hydrogens (tertiary/aromatic N) is 4. The normalized spacial score (nSPS) is 10.5. The maximum atomic E-state index is 12.1. The van der Waals surface area contributed by atoms with E-state index >= 15 is 0 Å². The van der Waals surface area contributed by atoms with Crippen LogP contribution in [0, 0.1) is 6.92 Å². The molecule has 8 heteroatoms. The fraction of sp³-hybridized carbons (Fsp3) is 0.167. The van der Waals surface area contributed by atoms with Crippen molar-refractivity contribution in [3.05, 3.63) is 54.2 Å². The molecule has 0 bridgehead atoms. The molecule has 26 heavy (non-hydrogen) atoms. The van der Waals surface area contributed by atoms with E-state index in [9.17, 15) is 9.59 Å². The Morgan fingerprint density at radius 1 is 1.15 bits per heavy atom. The monoisotopic (exact) mass is 367 g/mol. The lowest BCUT2D eigenvalue weighted by atomic mass is 10.2.